The smallest absolute Gasteiger partial charge is 0.128 e. The van der Waals surface area contributed by atoms with Gasteiger partial charge in [-0.2, -0.15) is 0 Å². The third-order valence-electron chi connectivity index (χ3n) is 3.32. The monoisotopic (exact) mass is 227 g/mol. The van der Waals surface area contributed by atoms with Crippen molar-refractivity contribution in [2.45, 2.75) is 31.4 Å². The van der Waals surface area contributed by atoms with E-state index in [0.29, 0.717) is 0 Å². The van der Waals surface area contributed by atoms with E-state index in [-0.39, 0.29) is 11.5 Å². The van der Waals surface area contributed by atoms with Gasteiger partial charge in [0, 0.05) is 5.56 Å². The first kappa shape index (κ1) is 11.5. The van der Waals surface area contributed by atoms with Crippen molar-refractivity contribution < 1.29 is 13.9 Å². The highest BCUT2D eigenvalue weighted by Gasteiger charge is 2.31. The lowest BCUT2D eigenvalue weighted by molar-refractivity contribution is 0.0404. The number of rotatable bonds is 3. The Hall–Kier alpha value is -1.00. The number of hydrogen-bond donors (Lipinski definition) is 2. The molecule has 1 saturated carbocycles. The minimum atomic E-state index is -0.846. The van der Waals surface area contributed by atoms with Crippen LogP contribution < -0.4 is 5.73 Å². The molecule has 4 heteroatoms. The summed E-state index contributed by atoms with van der Waals surface area (Å²) in [5.74, 6) is -0.974. The minimum Gasteiger partial charge on any atom is -0.391 e. The third kappa shape index (κ3) is 2.08. The molecule has 0 spiro atoms. The molecule has 1 fully saturated rings. The van der Waals surface area contributed by atoms with Gasteiger partial charge in [-0.25, -0.2) is 8.78 Å². The van der Waals surface area contributed by atoms with Gasteiger partial charge in [-0.15, -0.1) is 0 Å². The molecule has 0 amide bonds. The van der Waals surface area contributed by atoms with Crippen LogP contribution in [0.25, 0.3) is 0 Å². The maximum atomic E-state index is 13.4. The molecule has 2 atom stereocenters. The van der Waals surface area contributed by atoms with E-state index in [1.807, 2.05) is 0 Å². The van der Waals surface area contributed by atoms with E-state index in [1.54, 1.807) is 0 Å². The first-order valence-electron chi connectivity index (χ1n) is 5.48. The molecular weight excluding hydrogens is 212 g/mol. The average Bonchev–Trinajstić information content (AvgIpc) is 2.18. The Morgan fingerprint density at radius 2 is 2.00 bits per heavy atom. The van der Waals surface area contributed by atoms with Crippen LogP contribution in [-0.2, 0) is 0 Å². The number of aliphatic hydroxyl groups is 1. The van der Waals surface area contributed by atoms with E-state index >= 15 is 0 Å². The topological polar surface area (TPSA) is 46.2 Å². The van der Waals surface area contributed by atoms with Crippen LogP contribution in [0.4, 0.5) is 8.78 Å². The van der Waals surface area contributed by atoms with Gasteiger partial charge < -0.3 is 10.8 Å². The quantitative estimate of drug-likeness (QED) is 0.830. The van der Waals surface area contributed by atoms with Crippen LogP contribution in [0.2, 0.25) is 0 Å². The Kier molecular flexibility index (Phi) is 3.21. The van der Waals surface area contributed by atoms with E-state index in [1.165, 1.54) is 0 Å². The van der Waals surface area contributed by atoms with Gasteiger partial charge in [0.05, 0.1) is 12.1 Å². The normalized spacial score (nSPS) is 20.2. The van der Waals surface area contributed by atoms with Crippen molar-refractivity contribution in [1.82, 2.24) is 0 Å². The zero-order chi connectivity index (χ0) is 11.7. The summed E-state index contributed by atoms with van der Waals surface area (Å²) in [6.07, 6.45) is 2.10. The summed E-state index contributed by atoms with van der Waals surface area (Å²) in [6.45, 7) is 0. The molecule has 0 bridgehead atoms. The molecule has 0 unspecified atom stereocenters. The number of halogens is 2. The Labute approximate surface area is 93.1 Å². The summed E-state index contributed by atoms with van der Waals surface area (Å²) >= 11 is 0. The van der Waals surface area contributed by atoms with Gasteiger partial charge in [-0.05, 0) is 37.0 Å². The van der Waals surface area contributed by atoms with Crippen molar-refractivity contribution in [1.29, 1.82) is 0 Å². The molecule has 1 aromatic carbocycles. The van der Waals surface area contributed by atoms with Gasteiger partial charge in [-0.3, -0.25) is 0 Å². The largest absolute Gasteiger partial charge is 0.391 e. The maximum absolute atomic E-state index is 13.4. The summed E-state index contributed by atoms with van der Waals surface area (Å²) in [5.41, 5.74) is 5.82. The van der Waals surface area contributed by atoms with E-state index in [2.05, 4.69) is 0 Å². The molecule has 3 N–H and O–H groups in total. The molecule has 0 heterocycles. The van der Waals surface area contributed by atoms with Crippen LogP contribution in [-0.4, -0.2) is 11.2 Å². The minimum absolute atomic E-state index is 0.0550. The molecule has 2 rings (SSSR count). The summed E-state index contributed by atoms with van der Waals surface area (Å²) in [6, 6.07) is 2.29. The lowest BCUT2D eigenvalue weighted by Gasteiger charge is -2.33. The molecule has 0 saturated heterocycles. The second-order valence-electron chi connectivity index (χ2n) is 4.37. The lowest BCUT2D eigenvalue weighted by atomic mass is 9.77. The summed E-state index contributed by atoms with van der Waals surface area (Å²) in [7, 11) is 0. The van der Waals surface area contributed by atoms with Crippen LogP contribution in [0.15, 0.2) is 18.2 Å². The molecule has 0 aliphatic heterocycles. The number of benzene rings is 1. The highest BCUT2D eigenvalue weighted by molar-refractivity contribution is 5.23. The van der Waals surface area contributed by atoms with Crippen molar-refractivity contribution in [3.05, 3.63) is 35.4 Å². The molecule has 0 aromatic heterocycles. The molecule has 2 nitrogen and oxygen atoms in total. The molecule has 1 aliphatic rings. The second-order valence-corrected chi connectivity index (χ2v) is 4.37. The molecule has 1 aliphatic carbocycles. The first-order valence-corrected chi connectivity index (χ1v) is 5.48. The van der Waals surface area contributed by atoms with E-state index in [9.17, 15) is 13.9 Å². The number of hydrogen-bond acceptors (Lipinski definition) is 2. The van der Waals surface area contributed by atoms with Crippen LogP contribution in [0.3, 0.4) is 0 Å². The van der Waals surface area contributed by atoms with Crippen molar-refractivity contribution >= 4 is 0 Å². The van der Waals surface area contributed by atoms with E-state index in [4.69, 9.17) is 5.73 Å². The van der Waals surface area contributed by atoms with Gasteiger partial charge >= 0.3 is 0 Å². The summed E-state index contributed by atoms with van der Waals surface area (Å²) in [4.78, 5) is 0. The van der Waals surface area contributed by atoms with Gasteiger partial charge in [0.15, 0.2) is 0 Å². The summed E-state index contributed by atoms with van der Waals surface area (Å²) < 4.78 is 26.4. The van der Waals surface area contributed by atoms with Crippen molar-refractivity contribution in [3.8, 4) is 0 Å². The molecule has 16 heavy (non-hydrogen) atoms. The van der Waals surface area contributed by atoms with Crippen molar-refractivity contribution in [3.63, 3.8) is 0 Å². The van der Waals surface area contributed by atoms with Gasteiger partial charge in [0.2, 0.25) is 0 Å². The van der Waals surface area contributed by atoms with Crippen LogP contribution >= 0.6 is 0 Å². The van der Waals surface area contributed by atoms with Crippen molar-refractivity contribution in [2.24, 2.45) is 11.7 Å². The van der Waals surface area contributed by atoms with Crippen LogP contribution in [0, 0.1) is 17.6 Å². The molecule has 0 radical (unpaired) electrons. The van der Waals surface area contributed by atoms with E-state index < -0.39 is 23.8 Å². The Bertz CT molecular complexity index is 379. The van der Waals surface area contributed by atoms with Crippen LogP contribution in [0.1, 0.15) is 30.9 Å². The lowest BCUT2D eigenvalue weighted by Crippen LogP contribution is -2.36. The predicted octanol–water partition coefficient (Wildman–Crippen LogP) is 2.13. The Balaban J connectivity index is 2.18. The predicted molar refractivity (Wildman–Crippen MR) is 56.6 cm³/mol. The van der Waals surface area contributed by atoms with Crippen LogP contribution in [0.5, 0.6) is 0 Å². The Morgan fingerprint density at radius 3 is 2.56 bits per heavy atom. The zero-order valence-corrected chi connectivity index (χ0v) is 8.87. The zero-order valence-electron chi connectivity index (χ0n) is 8.87. The first-order chi connectivity index (χ1) is 7.59. The van der Waals surface area contributed by atoms with Gasteiger partial charge in [0.1, 0.15) is 11.6 Å². The third-order valence-corrected chi connectivity index (χ3v) is 3.32. The second kappa shape index (κ2) is 4.47. The standard InChI is InChI=1S/C12H15F2NO/c13-8-4-5-10(14)9(6-8)11(15)12(16)7-2-1-3-7/h4-7,11-12,16H,1-3,15H2/t11-,12+/m0/s1. The maximum Gasteiger partial charge on any atom is 0.128 e. The highest BCUT2D eigenvalue weighted by atomic mass is 19.1. The molecule has 88 valence electrons. The Morgan fingerprint density at radius 1 is 1.31 bits per heavy atom. The van der Waals surface area contributed by atoms with E-state index in [0.717, 1.165) is 37.5 Å². The fraction of sp³-hybridized carbons (Fsp3) is 0.500. The van der Waals surface area contributed by atoms with Gasteiger partial charge in [-0.1, -0.05) is 6.42 Å². The highest BCUT2D eigenvalue weighted by Crippen LogP contribution is 2.34. The average molecular weight is 227 g/mol. The summed E-state index contributed by atoms with van der Waals surface area (Å²) in [5, 5.41) is 9.89. The fourth-order valence-corrected chi connectivity index (χ4v) is 2.03. The number of nitrogens with two attached hydrogens (primary N) is 1. The van der Waals surface area contributed by atoms with Gasteiger partial charge in [0.25, 0.3) is 0 Å². The number of aliphatic hydroxyl groups excluding tert-OH is 1. The molecule has 1 aromatic rings. The fourth-order valence-electron chi connectivity index (χ4n) is 2.03. The SMILES string of the molecule is N[C@@H](c1cc(F)ccc1F)[C@H](O)C1CCC1. The molecular formula is C12H15F2NO. The van der Waals surface area contributed by atoms with Crippen molar-refractivity contribution in [2.75, 3.05) is 0 Å².